The van der Waals surface area contributed by atoms with Crippen molar-refractivity contribution in [3.63, 3.8) is 0 Å². The molecule has 0 amide bonds. The van der Waals surface area contributed by atoms with Gasteiger partial charge < -0.3 is 19.6 Å². The van der Waals surface area contributed by atoms with Crippen molar-refractivity contribution in [2.75, 3.05) is 13.6 Å². The van der Waals surface area contributed by atoms with Crippen LogP contribution in [-0.2, 0) is 9.59 Å². The zero-order valence-electron chi connectivity index (χ0n) is 13.0. The number of quaternary nitrogens is 1. The average Bonchev–Trinajstić information content (AvgIpc) is 2.84. The second kappa shape index (κ2) is 8.52. The fourth-order valence-electron chi connectivity index (χ4n) is 2.57. The SMILES string of the molecule is CC(=O)CCC(=O)[O-].Cc1ncccc1[C@@H]1CCC[NH+]1C. The highest BCUT2D eigenvalue weighted by molar-refractivity contribution is 5.79. The number of Topliss-reactive ketones (excluding diaryl/α,β-unsaturated/α-hetero) is 1. The van der Waals surface area contributed by atoms with Crippen LogP contribution in [0.1, 0.15) is 49.9 Å². The summed E-state index contributed by atoms with van der Waals surface area (Å²) in [5.74, 6) is -1.28. The van der Waals surface area contributed by atoms with Gasteiger partial charge in [0.15, 0.2) is 0 Å². The van der Waals surface area contributed by atoms with Gasteiger partial charge in [-0.2, -0.15) is 0 Å². The summed E-state index contributed by atoms with van der Waals surface area (Å²) in [4.78, 5) is 25.7. The van der Waals surface area contributed by atoms with Crippen molar-refractivity contribution in [2.24, 2.45) is 0 Å². The van der Waals surface area contributed by atoms with Crippen LogP contribution in [0, 0.1) is 6.92 Å². The molecule has 0 spiro atoms. The summed E-state index contributed by atoms with van der Waals surface area (Å²) >= 11 is 0. The van der Waals surface area contributed by atoms with E-state index in [4.69, 9.17) is 0 Å². The highest BCUT2D eigenvalue weighted by Crippen LogP contribution is 2.20. The first-order valence-electron chi connectivity index (χ1n) is 7.35. The molecule has 0 aromatic carbocycles. The summed E-state index contributed by atoms with van der Waals surface area (Å²) in [7, 11) is 2.28. The van der Waals surface area contributed by atoms with Crippen LogP contribution in [0.15, 0.2) is 18.3 Å². The quantitative estimate of drug-likeness (QED) is 0.837. The second-order valence-electron chi connectivity index (χ2n) is 5.54. The summed E-state index contributed by atoms with van der Waals surface area (Å²) in [6, 6.07) is 4.96. The number of nitrogens with zero attached hydrogens (tertiary/aromatic N) is 1. The summed E-state index contributed by atoms with van der Waals surface area (Å²) in [6.07, 6.45) is 4.48. The van der Waals surface area contributed by atoms with Gasteiger partial charge in [-0.1, -0.05) is 0 Å². The maximum absolute atomic E-state index is 10.1. The van der Waals surface area contributed by atoms with Crippen LogP contribution in [0.3, 0.4) is 0 Å². The van der Waals surface area contributed by atoms with Crippen molar-refractivity contribution in [1.29, 1.82) is 0 Å². The molecule has 0 bridgehead atoms. The molecule has 2 rings (SSSR count). The maximum atomic E-state index is 10.1. The lowest BCUT2D eigenvalue weighted by molar-refractivity contribution is -0.898. The summed E-state index contributed by atoms with van der Waals surface area (Å²) < 4.78 is 0. The molecule has 1 aromatic rings. The zero-order chi connectivity index (χ0) is 15.8. The van der Waals surface area contributed by atoms with Crippen molar-refractivity contribution < 1.29 is 19.6 Å². The van der Waals surface area contributed by atoms with Crippen molar-refractivity contribution in [3.8, 4) is 0 Å². The van der Waals surface area contributed by atoms with E-state index < -0.39 is 5.97 Å². The first kappa shape index (κ1) is 17.3. The number of carbonyl (C=O) groups is 2. The Kier molecular flexibility index (Phi) is 7.02. The molecule has 5 heteroatoms. The molecular formula is C16H24N2O3. The number of carbonyl (C=O) groups excluding carboxylic acids is 2. The lowest BCUT2D eigenvalue weighted by atomic mass is 10.0. The zero-order valence-corrected chi connectivity index (χ0v) is 13.0. The van der Waals surface area contributed by atoms with Crippen molar-refractivity contribution >= 4 is 11.8 Å². The third-order valence-electron chi connectivity index (χ3n) is 3.76. The molecule has 1 aliphatic heterocycles. The van der Waals surface area contributed by atoms with E-state index in [0.29, 0.717) is 6.04 Å². The largest absolute Gasteiger partial charge is 0.550 e. The van der Waals surface area contributed by atoms with Crippen molar-refractivity contribution in [3.05, 3.63) is 29.6 Å². The Bertz CT molecular complexity index is 474. The van der Waals surface area contributed by atoms with Gasteiger partial charge in [-0.05, 0) is 32.4 Å². The summed E-state index contributed by atoms with van der Waals surface area (Å²) in [5, 5.41) is 9.64. The fourth-order valence-corrected chi connectivity index (χ4v) is 2.57. The van der Waals surface area contributed by atoms with Gasteiger partial charge in [0.2, 0.25) is 0 Å². The molecule has 1 unspecified atom stereocenters. The van der Waals surface area contributed by atoms with Gasteiger partial charge in [-0.15, -0.1) is 0 Å². The lowest BCUT2D eigenvalue weighted by Crippen LogP contribution is -3.07. The van der Waals surface area contributed by atoms with Gasteiger partial charge in [0.25, 0.3) is 0 Å². The van der Waals surface area contributed by atoms with E-state index >= 15 is 0 Å². The smallest absolute Gasteiger partial charge is 0.130 e. The van der Waals surface area contributed by atoms with Gasteiger partial charge in [-0.25, -0.2) is 0 Å². The third-order valence-corrected chi connectivity index (χ3v) is 3.76. The molecule has 116 valence electrons. The van der Waals surface area contributed by atoms with Crippen LogP contribution in [0.25, 0.3) is 0 Å². The van der Waals surface area contributed by atoms with Crippen molar-refractivity contribution in [1.82, 2.24) is 4.98 Å². The highest BCUT2D eigenvalue weighted by Gasteiger charge is 2.27. The van der Waals surface area contributed by atoms with E-state index in [1.807, 2.05) is 12.3 Å². The summed E-state index contributed by atoms with van der Waals surface area (Å²) in [6.45, 7) is 4.77. The minimum Gasteiger partial charge on any atom is -0.550 e. The average molecular weight is 292 g/mol. The molecule has 2 atom stereocenters. The molecule has 1 aromatic heterocycles. The number of nitrogens with one attached hydrogen (secondary N) is 1. The number of carboxylic acid groups (broad SMARTS) is 1. The normalized spacial score (nSPS) is 20.5. The molecule has 2 heterocycles. The standard InChI is InChI=1S/C11H16N2.C5H8O3/c1-9-10(5-3-7-12-9)11-6-4-8-13(11)2;1-4(6)2-3-5(7)8/h3,5,7,11H,4,6,8H2,1-2H3;2-3H2,1H3,(H,7,8)/t11-;/m0./s1. The monoisotopic (exact) mass is 292 g/mol. The molecule has 1 fully saturated rings. The van der Waals surface area contributed by atoms with Crippen LogP contribution in [0.5, 0.6) is 0 Å². The second-order valence-corrected chi connectivity index (χ2v) is 5.54. The Morgan fingerprint density at radius 1 is 1.43 bits per heavy atom. The van der Waals surface area contributed by atoms with Crippen LogP contribution in [-0.4, -0.2) is 30.3 Å². The Balaban J connectivity index is 0.000000240. The Morgan fingerprint density at radius 2 is 2.14 bits per heavy atom. The number of ketones is 1. The molecule has 21 heavy (non-hydrogen) atoms. The number of hydrogen-bond acceptors (Lipinski definition) is 4. The number of hydrogen-bond donors (Lipinski definition) is 1. The maximum Gasteiger partial charge on any atom is 0.130 e. The van der Waals surface area contributed by atoms with Crippen LogP contribution in [0.2, 0.25) is 0 Å². The van der Waals surface area contributed by atoms with Crippen LogP contribution < -0.4 is 10.0 Å². The molecule has 5 nitrogen and oxygen atoms in total. The van der Waals surface area contributed by atoms with E-state index in [2.05, 4.69) is 25.0 Å². The predicted molar refractivity (Wildman–Crippen MR) is 77.6 cm³/mol. The summed E-state index contributed by atoms with van der Waals surface area (Å²) in [5.41, 5.74) is 2.64. The molecule has 0 aliphatic carbocycles. The first-order chi connectivity index (χ1) is 9.91. The number of aromatic nitrogens is 1. The first-order valence-corrected chi connectivity index (χ1v) is 7.35. The molecule has 0 radical (unpaired) electrons. The highest BCUT2D eigenvalue weighted by atomic mass is 16.4. The van der Waals surface area contributed by atoms with E-state index in [9.17, 15) is 14.7 Å². The number of aryl methyl sites for hydroxylation is 1. The van der Waals surface area contributed by atoms with E-state index in [1.54, 1.807) is 4.90 Å². The Labute approximate surface area is 126 Å². The molecular weight excluding hydrogens is 268 g/mol. The minimum atomic E-state index is -1.17. The molecule has 0 saturated carbocycles. The van der Waals surface area contributed by atoms with E-state index in [0.717, 1.165) is 0 Å². The Hall–Kier alpha value is -1.75. The number of likely N-dealkylation sites (tertiary alicyclic amines) is 1. The number of pyridine rings is 1. The number of aliphatic carboxylic acids is 1. The Morgan fingerprint density at radius 3 is 2.57 bits per heavy atom. The van der Waals surface area contributed by atoms with Gasteiger partial charge in [-0.3, -0.25) is 4.98 Å². The van der Waals surface area contributed by atoms with Gasteiger partial charge in [0.05, 0.1) is 13.6 Å². The van der Waals surface area contributed by atoms with Gasteiger partial charge in [0, 0.05) is 42.7 Å². The molecule has 1 aliphatic rings. The minimum absolute atomic E-state index is 0.0856. The molecule has 1 N–H and O–H groups in total. The topological polar surface area (TPSA) is 74.5 Å². The molecule has 1 saturated heterocycles. The third kappa shape index (κ3) is 6.04. The fraction of sp³-hybridized carbons (Fsp3) is 0.562. The number of carboxylic acids is 1. The number of rotatable bonds is 4. The lowest BCUT2D eigenvalue weighted by Gasteiger charge is -2.17. The van der Waals surface area contributed by atoms with E-state index in [1.165, 1.54) is 37.6 Å². The van der Waals surface area contributed by atoms with Gasteiger partial charge in [0.1, 0.15) is 11.8 Å². The van der Waals surface area contributed by atoms with Crippen LogP contribution in [0.4, 0.5) is 0 Å². The van der Waals surface area contributed by atoms with Crippen LogP contribution >= 0.6 is 0 Å². The van der Waals surface area contributed by atoms with Gasteiger partial charge >= 0.3 is 0 Å². The van der Waals surface area contributed by atoms with E-state index in [-0.39, 0.29) is 18.6 Å². The van der Waals surface area contributed by atoms with Crippen molar-refractivity contribution in [2.45, 2.75) is 45.6 Å². The predicted octanol–water partition coefficient (Wildman–Crippen LogP) is -0.155.